The lowest BCUT2D eigenvalue weighted by Crippen LogP contribution is -2.29. The van der Waals surface area contributed by atoms with Crippen LogP contribution in [0.4, 0.5) is 10.8 Å². The number of nitrogens with two attached hydrogens (primary N) is 1. The van der Waals surface area contributed by atoms with Crippen LogP contribution in [0.15, 0.2) is 16.8 Å². The number of likely N-dealkylation sites (N-methyl/N-ethyl adjacent to an activating group) is 1. The van der Waals surface area contributed by atoms with Crippen LogP contribution in [0, 0.1) is 11.3 Å². The third-order valence-electron chi connectivity index (χ3n) is 6.94. The molecule has 1 atom stereocenters. The smallest absolute Gasteiger partial charge is 0.184 e. The Morgan fingerprint density at radius 1 is 1.26 bits per heavy atom. The molecule has 5 rings (SSSR count). The van der Waals surface area contributed by atoms with Gasteiger partial charge in [-0.15, -0.1) is 11.3 Å². The van der Waals surface area contributed by atoms with Crippen molar-refractivity contribution in [1.29, 1.82) is 5.26 Å². The Hall–Kier alpha value is -2.96. The van der Waals surface area contributed by atoms with Crippen molar-refractivity contribution in [3.05, 3.63) is 39.6 Å². The molecule has 2 aliphatic rings. The van der Waals surface area contributed by atoms with Crippen LogP contribution in [0.2, 0.25) is 0 Å². The molecule has 1 unspecified atom stereocenters. The monoisotopic (exact) mass is 477 g/mol. The van der Waals surface area contributed by atoms with Gasteiger partial charge in [0.1, 0.15) is 22.6 Å². The minimum atomic E-state index is -0.000855. The van der Waals surface area contributed by atoms with Crippen LogP contribution in [-0.4, -0.2) is 53.3 Å². The first kappa shape index (κ1) is 22.8. The molecule has 34 heavy (non-hydrogen) atoms. The molecular formula is C25H31N7OS. The van der Waals surface area contributed by atoms with Crippen molar-refractivity contribution >= 4 is 22.2 Å². The normalized spacial score (nSPS) is 19.0. The summed E-state index contributed by atoms with van der Waals surface area (Å²) in [6, 6.07) is 4.32. The molecule has 3 aromatic heterocycles. The summed E-state index contributed by atoms with van der Waals surface area (Å²) in [5.41, 5.74) is 9.62. The summed E-state index contributed by atoms with van der Waals surface area (Å²) >= 11 is 1.54. The second kappa shape index (κ2) is 9.72. The minimum Gasteiger partial charge on any atom is -0.389 e. The number of thiophene rings is 1. The van der Waals surface area contributed by atoms with Crippen molar-refractivity contribution in [2.24, 2.45) is 0 Å². The highest BCUT2D eigenvalue weighted by Gasteiger charge is 2.34. The van der Waals surface area contributed by atoms with Crippen LogP contribution in [0.5, 0.6) is 0 Å². The van der Waals surface area contributed by atoms with Crippen LogP contribution in [0.3, 0.4) is 0 Å². The summed E-state index contributed by atoms with van der Waals surface area (Å²) < 4.78 is 6.03. The van der Waals surface area contributed by atoms with E-state index in [0.717, 1.165) is 93.1 Å². The molecule has 8 nitrogen and oxygen atoms in total. The Bertz CT molecular complexity index is 1210. The zero-order chi connectivity index (χ0) is 23.7. The van der Waals surface area contributed by atoms with Gasteiger partial charge in [0.05, 0.1) is 5.56 Å². The lowest BCUT2D eigenvalue weighted by atomic mass is 9.81. The second-order valence-corrected chi connectivity index (χ2v) is 10.4. The van der Waals surface area contributed by atoms with E-state index in [-0.39, 0.29) is 5.92 Å². The van der Waals surface area contributed by atoms with Gasteiger partial charge in [-0.3, -0.25) is 0 Å². The molecule has 0 amide bonds. The van der Waals surface area contributed by atoms with E-state index in [9.17, 15) is 5.26 Å². The van der Waals surface area contributed by atoms with Gasteiger partial charge in [0, 0.05) is 42.2 Å². The largest absolute Gasteiger partial charge is 0.389 e. The molecule has 9 heteroatoms. The van der Waals surface area contributed by atoms with E-state index in [2.05, 4.69) is 40.0 Å². The van der Waals surface area contributed by atoms with E-state index in [0.29, 0.717) is 16.4 Å². The highest BCUT2D eigenvalue weighted by Crippen LogP contribution is 2.46. The van der Waals surface area contributed by atoms with Crippen LogP contribution in [0.1, 0.15) is 65.9 Å². The van der Waals surface area contributed by atoms with E-state index in [1.807, 2.05) is 12.3 Å². The van der Waals surface area contributed by atoms with Gasteiger partial charge in [-0.1, -0.05) is 18.5 Å². The summed E-state index contributed by atoms with van der Waals surface area (Å²) in [4.78, 5) is 15.4. The fraction of sp³-hybridized carbons (Fsp3) is 0.520. The predicted octanol–water partition coefficient (Wildman–Crippen LogP) is 4.21. The molecule has 0 bridgehead atoms. The Morgan fingerprint density at radius 2 is 2.15 bits per heavy atom. The quantitative estimate of drug-likeness (QED) is 0.582. The molecule has 2 N–H and O–H groups in total. The van der Waals surface area contributed by atoms with Crippen molar-refractivity contribution in [3.8, 4) is 17.6 Å². The summed E-state index contributed by atoms with van der Waals surface area (Å²) in [6.45, 7) is 6.20. The van der Waals surface area contributed by atoms with E-state index in [4.69, 9.17) is 15.2 Å². The first-order valence-corrected chi connectivity index (χ1v) is 13.0. The number of nitriles is 1. The number of anilines is 2. The molecule has 0 radical (unpaired) electrons. The predicted molar refractivity (Wildman–Crippen MR) is 134 cm³/mol. The maximum Gasteiger partial charge on any atom is 0.184 e. The van der Waals surface area contributed by atoms with E-state index in [1.54, 1.807) is 11.3 Å². The highest BCUT2D eigenvalue weighted by molar-refractivity contribution is 7.16. The Labute approximate surface area is 204 Å². The molecule has 0 aromatic carbocycles. The summed E-state index contributed by atoms with van der Waals surface area (Å²) in [7, 11) is 2.17. The van der Waals surface area contributed by atoms with Gasteiger partial charge >= 0.3 is 0 Å². The van der Waals surface area contributed by atoms with Crippen LogP contribution in [0.25, 0.3) is 11.5 Å². The van der Waals surface area contributed by atoms with Crippen molar-refractivity contribution < 1.29 is 4.52 Å². The number of aryl methyl sites for hydroxylation is 1. The van der Waals surface area contributed by atoms with Crippen molar-refractivity contribution in [2.75, 3.05) is 43.9 Å². The van der Waals surface area contributed by atoms with Gasteiger partial charge < -0.3 is 20.1 Å². The maximum atomic E-state index is 9.78. The standard InChI is InChI=1S/C25H31N7OS/c1-3-6-17-22(25-28-10-9-20(29-25)32-12-5-11-31(2)13-14-32)30-33-23(17)16-7-4-8-19-21(16)18(15-26)24(27)34-19/h9-10,16H,3-8,11-14,27H2,1-2H3. The van der Waals surface area contributed by atoms with Crippen LogP contribution >= 0.6 is 11.3 Å². The van der Waals surface area contributed by atoms with E-state index >= 15 is 0 Å². The first-order chi connectivity index (χ1) is 16.6. The minimum absolute atomic E-state index is 0.000855. The summed E-state index contributed by atoms with van der Waals surface area (Å²) in [5.74, 6) is 2.39. The zero-order valence-corrected chi connectivity index (χ0v) is 20.7. The molecule has 178 valence electrons. The zero-order valence-electron chi connectivity index (χ0n) is 19.9. The van der Waals surface area contributed by atoms with Gasteiger partial charge in [-0.05, 0) is 57.3 Å². The summed E-state index contributed by atoms with van der Waals surface area (Å²) in [5, 5.41) is 14.9. The van der Waals surface area contributed by atoms with Gasteiger partial charge in [0.25, 0.3) is 0 Å². The number of fused-ring (bicyclic) bond motifs is 1. The Kier molecular flexibility index (Phi) is 6.53. The van der Waals surface area contributed by atoms with Crippen LogP contribution in [-0.2, 0) is 12.8 Å². The summed E-state index contributed by atoms with van der Waals surface area (Å²) in [6.07, 6.45) is 7.63. The molecule has 1 aliphatic heterocycles. The Morgan fingerprint density at radius 3 is 2.97 bits per heavy atom. The lowest BCUT2D eigenvalue weighted by Gasteiger charge is -2.22. The number of nitrogen functional groups attached to an aromatic ring is 1. The third-order valence-corrected chi connectivity index (χ3v) is 8.03. The Balaban J connectivity index is 1.53. The molecule has 3 aromatic rings. The van der Waals surface area contributed by atoms with Gasteiger partial charge in [0.15, 0.2) is 11.5 Å². The number of nitrogens with zero attached hydrogens (tertiary/aromatic N) is 6. The number of hydrogen-bond donors (Lipinski definition) is 1. The SMILES string of the molecule is CCCc1c(-c2nccc(N3CCCN(C)CC3)n2)noc1C1CCCc2sc(N)c(C#N)c21. The van der Waals surface area contributed by atoms with Crippen molar-refractivity contribution in [3.63, 3.8) is 0 Å². The molecule has 1 aliphatic carbocycles. The average molecular weight is 478 g/mol. The van der Waals surface area contributed by atoms with E-state index < -0.39 is 0 Å². The van der Waals surface area contributed by atoms with Crippen molar-refractivity contribution in [1.82, 2.24) is 20.0 Å². The molecular weight excluding hydrogens is 446 g/mol. The number of rotatable bonds is 5. The fourth-order valence-electron chi connectivity index (χ4n) is 5.23. The van der Waals surface area contributed by atoms with Gasteiger partial charge in [-0.25, -0.2) is 9.97 Å². The van der Waals surface area contributed by atoms with Crippen molar-refractivity contribution in [2.45, 2.75) is 51.4 Å². The van der Waals surface area contributed by atoms with Gasteiger partial charge in [0.2, 0.25) is 0 Å². The molecule has 0 spiro atoms. The maximum absolute atomic E-state index is 9.78. The number of hydrogen-bond acceptors (Lipinski definition) is 9. The fourth-order valence-corrected chi connectivity index (χ4v) is 6.36. The lowest BCUT2D eigenvalue weighted by molar-refractivity contribution is 0.360. The third kappa shape index (κ3) is 4.17. The van der Waals surface area contributed by atoms with E-state index in [1.165, 1.54) is 4.88 Å². The molecule has 0 saturated carbocycles. The second-order valence-electron chi connectivity index (χ2n) is 9.24. The van der Waals surface area contributed by atoms with Gasteiger partial charge in [-0.2, -0.15) is 5.26 Å². The molecule has 4 heterocycles. The average Bonchev–Trinajstić information content (AvgIpc) is 3.33. The number of aromatic nitrogens is 3. The van der Waals surface area contributed by atoms with Crippen LogP contribution < -0.4 is 10.6 Å². The topological polar surface area (TPSA) is 108 Å². The first-order valence-electron chi connectivity index (χ1n) is 12.2. The highest BCUT2D eigenvalue weighted by atomic mass is 32.1. The molecule has 1 fully saturated rings. The molecule has 1 saturated heterocycles.